The number of fused-ring (bicyclic) bond motifs is 1. The molecule has 1 aromatic carbocycles. The lowest BCUT2D eigenvalue weighted by atomic mass is 9.85. The van der Waals surface area contributed by atoms with E-state index in [2.05, 4.69) is 0 Å². The minimum atomic E-state index is -0.734. The van der Waals surface area contributed by atoms with E-state index in [9.17, 15) is 14.4 Å². The number of benzene rings is 1. The van der Waals surface area contributed by atoms with Crippen LogP contribution in [0.5, 0.6) is 5.75 Å². The maximum atomic E-state index is 12.3. The maximum absolute atomic E-state index is 12.3. The van der Waals surface area contributed by atoms with E-state index in [1.807, 2.05) is 12.2 Å². The summed E-state index contributed by atoms with van der Waals surface area (Å²) >= 11 is 11.8. The average molecular weight is 354 g/mol. The molecule has 120 valence electrons. The molecular weight excluding hydrogens is 341 g/mol. The molecule has 5 nitrogen and oxygen atoms in total. The fourth-order valence-electron chi connectivity index (χ4n) is 2.87. The number of amides is 2. The van der Waals surface area contributed by atoms with Crippen molar-refractivity contribution in [1.29, 1.82) is 0 Å². The molecule has 0 saturated carbocycles. The SMILES string of the molecule is O=C(CN1C(=O)C2CC=CCC2C1=O)Oc1cccc(Cl)c1Cl. The number of ether oxygens (including phenoxy) is 1. The Morgan fingerprint density at radius 1 is 1.13 bits per heavy atom. The van der Waals surface area contributed by atoms with Crippen LogP contribution in [0, 0.1) is 11.8 Å². The molecule has 1 fully saturated rings. The number of likely N-dealkylation sites (tertiary alicyclic amines) is 1. The second-order valence-electron chi connectivity index (χ2n) is 5.44. The van der Waals surface area contributed by atoms with E-state index in [-0.39, 0.29) is 39.4 Å². The van der Waals surface area contributed by atoms with Crippen molar-refractivity contribution in [3.8, 4) is 5.75 Å². The number of carbonyl (C=O) groups is 3. The summed E-state index contributed by atoms with van der Waals surface area (Å²) in [6.45, 7) is -0.423. The van der Waals surface area contributed by atoms with Gasteiger partial charge in [0, 0.05) is 0 Å². The summed E-state index contributed by atoms with van der Waals surface area (Å²) in [6.07, 6.45) is 4.83. The zero-order valence-electron chi connectivity index (χ0n) is 12.0. The molecule has 0 N–H and O–H groups in total. The highest BCUT2D eigenvalue weighted by molar-refractivity contribution is 6.43. The molecular formula is C16H13Cl2NO4. The Morgan fingerprint density at radius 2 is 1.74 bits per heavy atom. The largest absolute Gasteiger partial charge is 0.424 e. The zero-order chi connectivity index (χ0) is 16.6. The topological polar surface area (TPSA) is 63.7 Å². The van der Waals surface area contributed by atoms with Crippen LogP contribution < -0.4 is 4.74 Å². The fourth-order valence-corrected chi connectivity index (χ4v) is 3.20. The molecule has 1 heterocycles. The molecule has 1 aliphatic heterocycles. The molecule has 2 aliphatic rings. The highest BCUT2D eigenvalue weighted by Gasteiger charge is 2.47. The first-order valence-electron chi connectivity index (χ1n) is 7.14. The summed E-state index contributed by atoms with van der Waals surface area (Å²) in [5.74, 6) is -2.01. The van der Waals surface area contributed by atoms with E-state index in [1.54, 1.807) is 12.1 Å². The van der Waals surface area contributed by atoms with E-state index in [4.69, 9.17) is 27.9 Å². The molecule has 23 heavy (non-hydrogen) atoms. The van der Waals surface area contributed by atoms with E-state index in [0.29, 0.717) is 12.8 Å². The predicted molar refractivity (Wildman–Crippen MR) is 84.2 cm³/mol. The van der Waals surface area contributed by atoms with Crippen LogP contribution in [-0.4, -0.2) is 29.2 Å². The molecule has 2 unspecified atom stereocenters. The third kappa shape index (κ3) is 2.99. The highest BCUT2D eigenvalue weighted by Crippen LogP contribution is 2.35. The van der Waals surface area contributed by atoms with Crippen molar-refractivity contribution in [2.75, 3.05) is 6.54 Å². The van der Waals surface area contributed by atoms with Crippen LogP contribution in [0.15, 0.2) is 30.4 Å². The number of carbonyl (C=O) groups excluding carboxylic acids is 3. The van der Waals surface area contributed by atoms with Crippen LogP contribution in [0.3, 0.4) is 0 Å². The number of rotatable bonds is 3. The van der Waals surface area contributed by atoms with Gasteiger partial charge < -0.3 is 4.74 Å². The first kappa shape index (κ1) is 16.0. The van der Waals surface area contributed by atoms with Crippen LogP contribution in [-0.2, 0) is 14.4 Å². The van der Waals surface area contributed by atoms with Gasteiger partial charge in [-0.15, -0.1) is 0 Å². The van der Waals surface area contributed by atoms with Gasteiger partial charge in [0.15, 0.2) is 5.75 Å². The Kier molecular flexibility index (Phi) is 4.41. The second kappa shape index (κ2) is 6.34. The summed E-state index contributed by atoms with van der Waals surface area (Å²) in [4.78, 5) is 37.6. The lowest BCUT2D eigenvalue weighted by Gasteiger charge is -2.14. The van der Waals surface area contributed by atoms with Crippen LogP contribution in [0.4, 0.5) is 0 Å². The number of esters is 1. The molecule has 1 saturated heterocycles. The van der Waals surface area contributed by atoms with Gasteiger partial charge in [0.25, 0.3) is 0 Å². The standard InChI is InChI=1S/C16H13Cl2NO4/c17-11-6-3-7-12(14(11)18)23-13(20)8-19-15(21)9-4-1-2-5-10(9)16(19)22/h1-3,6-7,9-10H,4-5,8H2. The van der Waals surface area contributed by atoms with Gasteiger partial charge >= 0.3 is 5.97 Å². The fraction of sp³-hybridized carbons (Fsp3) is 0.312. The molecule has 0 bridgehead atoms. The molecule has 2 amide bonds. The Hall–Kier alpha value is -1.85. The highest BCUT2D eigenvalue weighted by atomic mass is 35.5. The predicted octanol–water partition coefficient (Wildman–Crippen LogP) is 2.85. The quantitative estimate of drug-likeness (QED) is 0.362. The van der Waals surface area contributed by atoms with E-state index in [1.165, 1.54) is 6.07 Å². The molecule has 0 aromatic heterocycles. The smallest absolute Gasteiger partial charge is 0.331 e. The minimum absolute atomic E-state index is 0.0994. The third-order valence-corrected chi connectivity index (χ3v) is 4.83. The van der Waals surface area contributed by atoms with Crippen LogP contribution in [0.1, 0.15) is 12.8 Å². The van der Waals surface area contributed by atoms with Gasteiger partial charge in [0.1, 0.15) is 11.6 Å². The van der Waals surface area contributed by atoms with Gasteiger partial charge in [-0.3, -0.25) is 14.5 Å². The van der Waals surface area contributed by atoms with Gasteiger partial charge in [-0.05, 0) is 25.0 Å². The van der Waals surface area contributed by atoms with Crippen molar-refractivity contribution in [3.05, 3.63) is 40.4 Å². The van der Waals surface area contributed by atoms with Gasteiger partial charge in [-0.2, -0.15) is 0 Å². The van der Waals surface area contributed by atoms with Crippen molar-refractivity contribution in [2.24, 2.45) is 11.8 Å². The van der Waals surface area contributed by atoms with Crippen LogP contribution in [0.25, 0.3) is 0 Å². The molecule has 2 atom stereocenters. The summed E-state index contributed by atoms with van der Waals surface area (Å²) in [7, 11) is 0. The zero-order valence-corrected chi connectivity index (χ0v) is 13.5. The molecule has 0 spiro atoms. The lowest BCUT2D eigenvalue weighted by molar-refractivity contribution is -0.148. The van der Waals surface area contributed by atoms with Gasteiger partial charge in [0.2, 0.25) is 11.8 Å². The summed E-state index contributed by atoms with van der Waals surface area (Å²) in [5.41, 5.74) is 0. The average Bonchev–Trinajstić information content (AvgIpc) is 2.77. The minimum Gasteiger partial charge on any atom is -0.424 e. The number of hydrogen-bond acceptors (Lipinski definition) is 4. The van der Waals surface area contributed by atoms with Crippen LogP contribution >= 0.6 is 23.2 Å². The number of allylic oxidation sites excluding steroid dienone is 2. The van der Waals surface area contributed by atoms with E-state index >= 15 is 0 Å². The van der Waals surface area contributed by atoms with E-state index in [0.717, 1.165) is 4.90 Å². The Balaban J connectivity index is 1.70. The maximum Gasteiger partial charge on any atom is 0.331 e. The van der Waals surface area contributed by atoms with Gasteiger partial charge in [0.05, 0.1) is 16.9 Å². The Morgan fingerprint density at radius 3 is 2.35 bits per heavy atom. The third-order valence-electron chi connectivity index (χ3n) is 4.03. The first-order chi connectivity index (χ1) is 11.0. The lowest BCUT2D eigenvalue weighted by Crippen LogP contribution is -2.37. The van der Waals surface area contributed by atoms with Gasteiger partial charge in [-0.1, -0.05) is 41.4 Å². The number of imide groups is 1. The normalized spacial score (nSPS) is 23.1. The second-order valence-corrected chi connectivity index (χ2v) is 6.23. The molecule has 7 heteroatoms. The van der Waals surface area contributed by atoms with Crippen molar-refractivity contribution in [1.82, 2.24) is 4.90 Å². The van der Waals surface area contributed by atoms with E-state index < -0.39 is 12.5 Å². The summed E-state index contributed by atoms with van der Waals surface area (Å²) in [6, 6.07) is 4.64. The number of halogens is 2. The first-order valence-corrected chi connectivity index (χ1v) is 7.89. The Bertz CT molecular complexity index is 690. The van der Waals surface area contributed by atoms with Crippen molar-refractivity contribution in [3.63, 3.8) is 0 Å². The molecule has 0 radical (unpaired) electrons. The van der Waals surface area contributed by atoms with Crippen LogP contribution in [0.2, 0.25) is 10.0 Å². The number of nitrogens with zero attached hydrogens (tertiary/aromatic N) is 1. The number of hydrogen-bond donors (Lipinski definition) is 0. The monoisotopic (exact) mass is 353 g/mol. The summed E-state index contributed by atoms with van der Waals surface area (Å²) < 4.78 is 5.12. The van der Waals surface area contributed by atoms with Crippen molar-refractivity contribution >= 4 is 41.0 Å². The molecule has 3 rings (SSSR count). The van der Waals surface area contributed by atoms with Crippen molar-refractivity contribution < 1.29 is 19.1 Å². The molecule has 1 aliphatic carbocycles. The Labute approximate surface area is 142 Å². The van der Waals surface area contributed by atoms with Gasteiger partial charge in [-0.25, -0.2) is 4.79 Å². The summed E-state index contributed by atoms with van der Waals surface area (Å²) in [5, 5.41) is 0.363. The molecule has 1 aromatic rings. The van der Waals surface area contributed by atoms with Crippen molar-refractivity contribution in [2.45, 2.75) is 12.8 Å².